The summed E-state index contributed by atoms with van der Waals surface area (Å²) in [5, 5.41) is 9.31. The highest BCUT2D eigenvalue weighted by atomic mass is 16.2. The zero-order chi connectivity index (χ0) is 19.5. The average molecular weight is 385 g/mol. The van der Waals surface area contributed by atoms with Crippen LogP contribution in [0.4, 0.5) is 5.82 Å². The fourth-order valence-corrected chi connectivity index (χ4v) is 3.13. The van der Waals surface area contributed by atoms with E-state index in [1.807, 2.05) is 6.92 Å². The van der Waals surface area contributed by atoms with Crippen LogP contribution in [-0.4, -0.2) is 83.0 Å². The van der Waals surface area contributed by atoms with Gasteiger partial charge in [-0.25, -0.2) is 20.0 Å². The van der Waals surface area contributed by atoms with Crippen molar-refractivity contribution in [1.82, 2.24) is 30.4 Å². The van der Waals surface area contributed by atoms with Gasteiger partial charge in [0, 0.05) is 51.0 Å². The number of carbonyl (C=O) groups excluding carboxylic acids is 1. The number of guanidine groups is 1. The van der Waals surface area contributed by atoms with Gasteiger partial charge in [-0.05, 0) is 19.9 Å². The molecule has 3 aliphatic rings. The largest absolute Gasteiger partial charge is 0.348 e. The third kappa shape index (κ3) is 4.45. The Morgan fingerprint density at radius 1 is 1.18 bits per heavy atom. The van der Waals surface area contributed by atoms with Crippen molar-refractivity contribution >= 4 is 23.5 Å². The van der Waals surface area contributed by atoms with Crippen molar-refractivity contribution in [1.29, 1.82) is 0 Å². The Morgan fingerprint density at radius 3 is 2.64 bits per heavy atom. The van der Waals surface area contributed by atoms with Crippen LogP contribution in [0.5, 0.6) is 0 Å². The first-order valence-electron chi connectivity index (χ1n) is 9.85. The smallest absolute Gasteiger partial charge is 0.273 e. The van der Waals surface area contributed by atoms with Gasteiger partial charge in [-0.1, -0.05) is 6.92 Å². The summed E-state index contributed by atoms with van der Waals surface area (Å²) in [5.74, 6) is 1.57. The molecular formula is C18H27N9O. The second-order valence-corrected chi connectivity index (χ2v) is 7.34. The van der Waals surface area contributed by atoms with Crippen molar-refractivity contribution < 1.29 is 4.79 Å². The predicted molar refractivity (Wildman–Crippen MR) is 107 cm³/mol. The van der Waals surface area contributed by atoms with Crippen molar-refractivity contribution in [3.63, 3.8) is 0 Å². The van der Waals surface area contributed by atoms with E-state index in [0.29, 0.717) is 11.8 Å². The van der Waals surface area contributed by atoms with Gasteiger partial charge < -0.3 is 20.9 Å². The number of hydrogen-bond donors (Lipinski definition) is 3. The number of rotatable bonds is 5. The lowest BCUT2D eigenvalue weighted by atomic mass is 10.3. The molecule has 1 amide bonds. The van der Waals surface area contributed by atoms with Gasteiger partial charge in [-0.3, -0.25) is 9.69 Å². The molecule has 2 aliphatic heterocycles. The number of aliphatic imine (C=N–C) groups is 2. The van der Waals surface area contributed by atoms with E-state index in [1.165, 1.54) is 6.20 Å². The summed E-state index contributed by atoms with van der Waals surface area (Å²) in [6.45, 7) is 5.87. The van der Waals surface area contributed by atoms with Gasteiger partial charge in [-0.15, -0.1) is 0 Å². The summed E-state index contributed by atoms with van der Waals surface area (Å²) in [4.78, 5) is 35.0. The highest BCUT2D eigenvalue weighted by Crippen LogP contribution is 2.20. The minimum absolute atomic E-state index is 0.213. The van der Waals surface area contributed by atoms with E-state index in [1.54, 1.807) is 6.20 Å². The molecule has 0 radical (unpaired) electrons. The maximum Gasteiger partial charge on any atom is 0.273 e. The Kier molecular flexibility index (Phi) is 5.49. The lowest BCUT2D eigenvalue weighted by molar-refractivity contribution is 0.0946. The third-order valence-electron chi connectivity index (χ3n) is 5.04. The molecule has 1 aromatic heterocycles. The lowest BCUT2D eigenvalue weighted by Crippen LogP contribution is -2.51. The molecule has 1 saturated carbocycles. The van der Waals surface area contributed by atoms with Gasteiger partial charge in [0.1, 0.15) is 5.84 Å². The number of amidine groups is 1. The molecule has 10 heteroatoms. The molecule has 1 unspecified atom stereocenters. The van der Waals surface area contributed by atoms with E-state index >= 15 is 0 Å². The second-order valence-electron chi connectivity index (χ2n) is 7.34. The Labute approximate surface area is 164 Å². The maximum atomic E-state index is 12.5. The molecule has 3 N–H and O–H groups in total. The molecule has 1 atom stereocenters. The summed E-state index contributed by atoms with van der Waals surface area (Å²) >= 11 is 0. The molecule has 1 aliphatic carbocycles. The van der Waals surface area contributed by atoms with Crippen molar-refractivity contribution in [3.8, 4) is 0 Å². The molecule has 4 rings (SSSR count). The van der Waals surface area contributed by atoms with Crippen LogP contribution in [-0.2, 0) is 0 Å². The van der Waals surface area contributed by atoms with E-state index in [2.05, 4.69) is 42.8 Å². The summed E-state index contributed by atoms with van der Waals surface area (Å²) in [6, 6.07) is 0.257. The summed E-state index contributed by atoms with van der Waals surface area (Å²) in [7, 11) is 2.12. The van der Waals surface area contributed by atoms with Gasteiger partial charge in [0.2, 0.25) is 12.2 Å². The summed E-state index contributed by atoms with van der Waals surface area (Å²) in [6.07, 6.45) is 5.62. The number of anilines is 1. The molecule has 150 valence electrons. The van der Waals surface area contributed by atoms with Crippen LogP contribution in [0.2, 0.25) is 0 Å². The SMILES string of the molecule is CCC1=NC(N2CCN(C)CC2)N=C(Nc2nccnc2C(=O)NC2CC2)N1. The monoisotopic (exact) mass is 385 g/mol. The molecular weight excluding hydrogens is 358 g/mol. The summed E-state index contributed by atoms with van der Waals surface area (Å²) in [5.41, 5.74) is 0.274. The normalized spacial score (nSPS) is 23.4. The molecule has 0 bridgehead atoms. The second kappa shape index (κ2) is 8.19. The molecule has 10 nitrogen and oxygen atoms in total. The fourth-order valence-electron chi connectivity index (χ4n) is 3.13. The maximum absolute atomic E-state index is 12.5. The topological polar surface area (TPSA) is 110 Å². The van der Waals surface area contributed by atoms with Crippen molar-refractivity contribution in [2.45, 2.75) is 38.5 Å². The van der Waals surface area contributed by atoms with Gasteiger partial charge in [-0.2, -0.15) is 0 Å². The highest BCUT2D eigenvalue weighted by Gasteiger charge is 2.28. The third-order valence-corrected chi connectivity index (χ3v) is 5.04. The molecule has 1 aromatic rings. The lowest BCUT2D eigenvalue weighted by Gasteiger charge is -2.36. The number of carbonyl (C=O) groups is 1. The van der Waals surface area contributed by atoms with E-state index in [9.17, 15) is 4.79 Å². The first-order valence-corrected chi connectivity index (χ1v) is 9.85. The molecule has 28 heavy (non-hydrogen) atoms. The quantitative estimate of drug-likeness (QED) is 0.658. The summed E-state index contributed by atoms with van der Waals surface area (Å²) < 4.78 is 0. The Balaban J connectivity index is 1.51. The number of hydrogen-bond acceptors (Lipinski definition) is 9. The molecule has 3 heterocycles. The molecule has 1 saturated heterocycles. The van der Waals surface area contributed by atoms with Gasteiger partial charge in [0.05, 0.1) is 0 Å². The van der Waals surface area contributed by atoms with Crippen LogP contribution in [0.1, 0.15) is 36.7 Å². The number of nitrogens with one attached hydrogen (secondary N) is 3. The van der Waals surface area contributed by atoms with Crippen LogP contribution in [0.15, 0.2) is 22.4 Å². The van der Waals surface area contributed by atoms with E-state index < -0.39 is 0 Å². The number of aromatic nitrogens is 2. The predicted octanol–water partition coefficient (Wildman–Crippen LogP) is 0.0794. The Morgan fingerprint density at radius 2 is 1.93 bits per heavy atom. The minimum atomic E-state index is -0.271. The molecule has 0 aromatic carbocycles. The average Bonchev–Trinajstić information content (AvgIpc) is 3.52. The minimum Gasteiger partial charge on any atom is -0.348 e. The molecule has 0 spiro atoms. The zero-order valence-electron chi connectivity index (χ0n) is 16.4. The van der Waals surface area contributed by atoms with Crippen LogP contribution >= 0.6 is 0 Å². The van der Waals surface area contributed by atoms with E-state index in [-0.39, 0.29) is 23.9 Å². The van der Waals surface area contributed by atoms with Crippen LogP contribution < -0.4 is 16.0 Å². The van der Waals surface area contributed by atoms with Crippen molar-refractivity contribution in [3.05, 3.63) is 18.1 Å². The van der Waals surface area contributed by atoms with Crippen LogP contribution in [0.25, 0.3) is 0 Å². The number of amides is 1. The van der Waals surface area contributed by atoms with E-state index in [4.69, 9.17) is 9.98 Å². The highest BCUT2D eigenvalue weighted by molar-refractivity contribution is 6.09. The fraction of sp³-hybridized carbons (Fsp3) is 0.611. The zero-order valence-corrected chi connectivity index (χ0v) is 16.4. The van der Waals surface area contributed by atoms with Gasteiger partial charge in [0.25, 0.3) is 5.91 Å². The standard InChI is InChI=1S/C18H27N9O/c1-3-13-22-17(25-18(23-13)27-10-8-26(2)9-11-27)24-15-14(19-6-7-20-15)16(28)21-12-4-5-12/h6-7,12,18H,3-5,8-11H2,1-2H3,(H,21,28)(H2,20,22,23,24,25). The van der Waals surface area contributed by atoms with E-state index in [0.717, 1.165) is 51.3 Å². The van der Waals surface area contributed by atoms with Crippen LogP contribution in [0, 0.1) is 0 Å². The molecule has 2 fully saturated rings. The van der Waals surface area contributed by atoms with Gasteiger partial charge in [0.15, 0.2) is 11.5 Å². The van der Waals surface area contributed by atoms with Crippen LogP contribution in [0.3, 0.4) is 0 Å². The number of piperazine rings is 1. The Hall–Kier alpha value is -2.59. The van der Waals surface area contributed by atoms with Crippen molar-refractivity contribution in [2.24, 2.45) is 9.98 Å². The number of likely N-dealkylation sites (N-methyl/N-ethyl adjacent to an activating group) is 1. The first kappa shape index (κ1) is 18.8. The van der Waals surface area contributed by atoms with Gasteiger partial charge >= 0.3 is 0 Å². The Bertz CT molecular complexity index is 781. The van der Waals surface area contributed by atoms with Crippen molar-refractivity contribution in [2.75, 3.05) is 38.5 Å². The first-order chi connectivity index (χ1) is 13.6. The number of nitrogens with zero attached hydrogens (tertiary/aromatic N) is 6.